The quantitative estimate of drug-likeness (QED) is 0.391. The van der Waals surface area contributed by atoms with E-state index < -0.39 is 22.8 Å². The third-order valence-electron chi connectivity index (χ3n) is 1.41. The van der Waals surface area contributed by atoms with Crippen LogP contribution in [0.15, 0.2) is 0 Å². The Balaban J connectivity index is 0. The van der Waals surface area contributed by atoms with E-state index in [1.54, 1.807) is 41.5 Å². The van der Waals surface area contributed by atoms with Gasteiger partial charge in [0.05, 0.1) is 10.8 Å². The fraction of sp³-hybridized carbons (Fsp3) is 0.727. The molecule has 0 heterocycles. The van der Waals surface area contributed by atoms with Gasteiger partial charge in [-0.3, -0.25) is 14.4 Å². The van der Waals surface area contributed by atoms with E-state index in [9.17, 15) is 9.59 Å². The monoisotopic (exact) mass is 232 g/mol. The highest BCUT2D eigenvalue weighted by molar-refractivity contribution is 5.90. The lowest BCUT2D eigenvalue weighted by Gasteiger charge is -2.20. The summed E-state index contributed by atoms with van der Waals surface area (Å²) in [6, 6.07) is 0. The van der Waals surface area contributed by atoms with E-state index in [4.69, 9.17) is 14.6 Å². The minimum atomic E-state index is -0.624. The Morgan fingerprint density at radius 3 is 1.25 bits per heavy atom. The number of rotatable bonds is 0. The first kappa shape index (κ1) is 17.0. The molecule has 0 bridgehead atoms. The molecule has 0 aliphatic rings. The molecule has 5 nitrogen and oxygen atoms in total. The largest absolute Gasteiger partial charge is 0.483 e. The predicted octanol–water partition coefficient (Wildman–Crippen LogP) is 1.85. The maximum absolute atomic E-state index is 11.3. The molecule has 1 N–H and O–H groups in total. The lowest BCUT2D eigenvalue weighted by molar-refractivity contribution is -0.171. The van der Waals surface area contributed by atoms with Crippen molar-refractivity contribution in [3.8, 4) is 0 Å². The second-order valence-electron chi connectivity index (χ2n) is 5.28. The van der Waals surface area contributed by atoms with Gasteiger partial charge in [0.1, 0.15) is 0 Å². The van der Waals surface area contributed by atoms with Crippen molar-refractivity contribution in [1.29, 1.82) is 0 Å². The Hall–Kier alpha value is -1.39. The third-order valence-corrected chi connectivity index (χ3v) is 1.41. The van der Waals surface area contributed by atoms with Crippen molar-refractivity contribution in [1.82, 2.24) is 0 Å². The van der Waals surface area contributed by atoms with Gasteiger partial charge in [-0.2, -0.15) is 0 Å². The molecular formula is C11H20O5. The van der Waals surface area contributed by atoms with Crippen LogP contribution in [0.5, 0.6) is 0 Å². The predicted molar refractivity (Wildman–Crippen MR) is 58.7 cm³/mol. The van der Waals surface area contributed by atoms with Crippen LogP contribution < -0.4 is 0 Å². The Kier molecular flexibility index (Phi) is 6.65. The van der Waals surface area contributed by atoms with E-state index in [-0.39, 0.29) is 6.47 Å². The lowest BCUT2D eigenvalue weighted by atomic mass is 9.95. The fourth-order valence-corrected chi connectivity index (χ4v) is 0.390. The molecular weight excluding hydrogens is 212 g/mol. The van der Waals surface area contributed by atoms with Crippen LogP contribution in [0.1, 0.15) is 41.5 Å². The summed E-state index contributed by atoms with van der Waals surface area (Å²) in [5.41, 5.74) is -1.25. The van der Waals surface area contributed by atoms with E-state index in [0.717, 1.165) is 0 Å². The first-order valence-electron chi connectivity index (χ1n) is 4.81. The van der Waals surface area contributed by atoms with Crippen molar-refractivity contribution >= 4 is 18.4 Å². The van der Waals surface area contributed by atoms with Gasteiger partial charge in [0.25, 0.3) is 6.47 Å². The molecule has 0 amide bonds. The van der Waals surface area contributed by atoms with Crippen molar-refractivity contribution in [3.05, 3.63) is 0 Å². The van der Waals surface area contributed by atoms with E-state index >= 15 is 0 Å². The van der Waals surface area contributed by atoms with E-state index in [1.807, 2.05) is 0 Å². The van der Waals surface area contributed by atoms with Crippen molar-refractivity contribution in [2.75, 3.05) is 0 Å². The van der Waals surface area contributed by atoms with Gasteiger partial charge in [0, 0.05) is 0 Å². The molecule has 0 aromatic heterocycles. The van der Waals surface area contributed by atoms with E-state index in [1.165, 1.54) is 0 Å². The van der Waals surface area contributed by atoms with Crippen LogP contribution >= 0.6 is 0 Å². The van der Waals surface area contributed by atoms with Gasteiger partial charge in [-0.15, -0.1) is 0 Å². The van der Waals surface area contributed by atoms with Gasteiger partial charge in [0.15, 0.2) is 0 Å². The first-order chi connectivity index (χ1) is 6.96. The van der Waals surface area contributed by atoms with Gasteiger partial charge >= 0.3 is 11.9 Å². The molecule has 5 heteroatoms. The van der Waals surface area contributed by atoms with Gasteiger partial charge < -0.3 is 9.84 Å². The molecule has 0 spiro atoms. The molecule has 0 atom stereocenters. The average molecular weight is 232 g/mol. The summed E-state index contributed by atoms with van der Waals surface area (Å²) in [5.74, 6) is -0.958. The molecule has 0 aliphatic heterocycles. The summed E-state index contributed by atoms with van der Waals surface area (Å²) in [6.45, 7) is 10.0. The zero-order chi connectivity index (χ0) is 13.6. The fourth-order valence-electron chi connectivity index (χ4n) is 0.390. The van der Waals surface area contributed by atoms with Crippen LogP contribution in [-0.4, -0.2) is 23.5 Å². The van der Waals surface area contributed by atoms with Crippen molar-refractivity contribution in [2.45, 2.75) is 41.5 Å². The zero-order valence-electron chi connectivity index (χ0n) is 10.7. The van der Waals surface area contributed by atoms with Gasteiger partial charge in [-0.25, -0.2) is 0 Å². The summed E-state index contributed by atoms with van der Waals surface area (Å²) >= 11 is 0. The molecule has 0 aliphatic carbocycles. The standard InChI is InChI=1S/C10H18O3.CH2O2/c1-9(2,3)7(11)13-8(12)10(4,5)6;2-1-3/h1-6H3;1H,(H,2,3). The SMILES string of the molecule is CC(C)(C)C(=O)OC(=O)C(C)(C)C.O=CO. The lowest BCUT2D eigenvalue weighted by Crippen LogP contribution is -2.31. The summed E-state index contributed by atoms with van der Waals surface area (Å²) in [4.78, 5) is 30.9. The van der Waals surface area contributed by atoms with E-state index in [0.29, 0.717) is 0 Å². The molecule has 0 unspecified atom stereocenters. The molecule has 0 saturated heterocycles. The van der Waals surface area contributed by atoms with Crippen molar-refractivity contribution in [2.24, 2.45) is 10.8 Å². The number of esters is 2. The van der Waals surface area contributed by atoms with Crippen LogP contribution in [-0.2, 0) is 19.1 Å². The smallest absolute Gasteiger partial charge is 0.318 e. The number of hydrogen-bond acceptors (Lipinski definition) is 4. The number of ether oxygens (including phenoxy) is 1. The molecule has 0 aromatic carbocycles. The maximum atomic E-state index is 11.3. The molecule has 94 valence electrons. The maximum Gasteiger partial charge on any atom is 0.318 e. The zero-order valence-corrected chi connectivity index (χ0v) is 10.7. The Labute approximate surface area is 95.8 Å². The first-order valence-corrected chi connectivity index (χ1v) is 4.81. The summed E-state index contributed by atoms with van der Waals surface area (Å²) in [6.07, 6.45) is 0. The van der Waals surface area contributed by atoms with Crippen LogP contribution in [0.3, 0.4) is 0 Å². The Morgan fingerprint density at radius 1 is 0.938 bits per heavy atom. The van der Waals surface area contributed by atoms with Gasteiger partial charge in [-0.05, 0) is 41.5 Å². The highest BCUT2D eigenvalue weighted by Crippen LogP contribution is 2.20. The van der Waals surface area contributed by atoms with Crippen LogP contribution in [0, 0.1) is 10.8 Å². The molecule has 0 radical (unpaired) electrons. The summed E-state index contributed by atoms with van der Waals surface area (Å²) in [7, 11) is 0. The summed E-state index contributed by atoms with van der Waals surface area (Å²) < 4.78 is 4.70. The number of hydrogen-bond donors (Lipinski definition) is 1. The minimum Gasteiger partial charge on any atom is -0.483 e. The highest BCUT2D eigenvalue weighted by Gasteiger charge is 2.31. The van der Waals surface area contributed by atoms with Gasteiger partial charge in [0.2, 0.25) is 0 Å². The highest BCUT2D eigenvalue weighted by atomic mass is 16.6. The molecule has 0 saturated carbocycles. The molecule has 0 fully saturated rings. The van der Waals surface area contributed by atoms with Crippen molar-refractivity contribution in [3.63, 3.8) is 0 Å². The topological polar surface area (TPSA) is 80.7 Å². The third kappa shape index (κ3) is 7.96. The van der Waals surface area contributed by atoms with Gasteiger partial charge in [-0.1, -0.05) is 0 Å². The second kappa shape index (κ2) is 6.25. The van der Waals surface area contributed by atoms with E-state index in [2.05, 4.69) is 0 Å². The normalized spacial score (nSPS) is 10.9. The number of carbonyl (C=O) groups excluding carboxylic acids is 2. The number of carboxylic acid groups (broad SMARTS) is 1. The second-order valence-corrected chi connectivity index (χ2v) is 5.28. The van der Waals surface area contributed by atoms with Crippen LogP contribution in [0.25, 0.3) is 0 Å². The molecule has 0 rings (SSSR count). The molecule has 0 aromatic rings. The van der Waals surface area contributed by atoms with Crippen molar-refractivity contribution < 1.29 is 24.2 Å². The number of carbonyl (C=O) groups is 3. The van der Waals surface area contributed by atoms with Crippen LogP contribution in [0.4, 0.5) is 0 Å². The molecule has 16 heavy (non-hydrogen) atoms. The Morgan fingerprint density at radius 2 is 1.12 bits per heavy atom. The summed E-state index contributed by atoms with van der Waals surface area (Å²) in [5, 5.41) is 6.89. The van der Waals surface area contributed by atoms with Crippen LogP contribution in [0.2, 0.25) is 0 Å². The average Bonchev–Trinajstić information content (AvgIpc) is 2.01. The minimum absolute atomic E-state index is 0.250. The Bertz CT molecular complexity index is 231.